The Morgan fingerprint density at radius 1 is 1.24 bits per heavy atom. The third kappa shape index (κ3) is 2.95. The lowest BCUT2D eigenvalue weighted by Gasteiger charge is -2.44. The standard InChI is InChI=1S/C17H16ClN5O2/c18-13-3-1-2-12(8-13)14-9-16(25-20-14)23-7-6-22-5-4-21(11-19)10-15(22)17(23)24/h1-3,8-9,15H,4-7,10H2/t15-/m0/s1. The molecule has 2 saturated heterocycles. The number of hydrogen-bond acceptors (Lipinski definition) is 6. The van der Waals surface area contributed by atoms with Gasteiger partial charge in [-0.15, -0.1) is 0 Å². The van der Waals surface area contributed by atoms with E-state index in [1.54, 1.807) is 28.0 Å². The lowest BCUT2D eigenvalue weighted by atomic mass is 10.1. The van der Waals surface area contributed by atoms with Crippen molar-refractivity contribution in [3.63, 3.8) is 0 Å². The summed E-state index contributed by atoms with van der Waals surface area (Å²) in [6.07, 6.45) is 2.13. The van der Waals surface area contributed by atoms with E-state index in [4.69, 9.17) is 21.4 Å². The summed E-state index contributed by atoms with van der Waals surface area (Å²) in [5.74, 6) is 0.369. The molecule has 4 rings (SSSR count). The number of hydrogen-bond donors (Lipinski definition) is 0. The smallest absolute Gasteiger partial charge is 0.248 e. The molecule has 2 aliphatic rings. The molecular formula is C17H16ClN5O2. The fourth-order valence-electron chi connectivity index (χ4n) is 3.33. The molecular weight excluding hydrogens is 342 g/mol. The van der Waals surface area contributed by atoms with Crippen molar-refractivity contribution in [2.24, 2.45) is 0 Å². The molecule has 2 aromatic rings. The molecule has 0 N–H and O–H groups in total. The van der Waals surface area contributed by atoms with Crippen molar-refractivity contribution in [1.82, 2.24) is 15.0 Å². The Balaban J connectivity index is 1.56. The summed E-state index contributed by atoms with van der Waals surface area (Å²) in [4.78, 5) is 18.2. The Morgan fingerprint density at radius 3 is 2.88 bits per heavy atom. The van der Waals surface area contributed by atoms with Gasteiger partial charge in [-0.2, -0.15) is 5.26 Å². The van der Waals surface area contributed by atoms with Gasteiger partial charge in [0.15, 0.2) is 6.19 Å². The van der Waals surface area contributed by atoms with E-state index in [0.717, 1.165) is 18.7 Å². The highest BCUT2D eigenvalue weighted by atomic mass is 35.5. The minimum atomic E-state index is -0.318. The first-order valence-corrected chi connectivity index (χ1v) is 8.46. The van der Waals surface area contributed by atoms with Crippen molar-refractivity contribution < 1.29 is 9.32 Å². The Hall–Kier alpha value is -2.56. The maximum absolute atomic E-state index is 12.9. The van der Waals surface area contributed by atoms with E-state index < -0.39 is 0 Å². The lowest BCUT2D eigenvalue weighted by molar-refractivity contribution is -0.128. The topological polar surface area (TPSA) is 76.6 Å². The van der Waals surface area contributed by atoms with Crippen molar-refractivity contribution >= 4 is 23.4 Å². The molecule has 0 spiro atoms. The first kappa shape index (κ1) is 15.9. The summed E-state index contributed by atoms with van der Waals surface area (Å²) in [5, 5.41) is 13.8. The number of fused-ring (bicyclic) bond motifs is 1. The lowest BCUT2D eigenvalue weighted by Crippen LogP contribution is -2.64. The van der Waals surface area contributed by atoms with Gasteiger partial charge in [-0.05, 0) is 12.1 Å². The van der Waals surface area contributed by atoms with Crippen LogP contribution in [0.25, 0.3) is 11.3 Å². The number of anilines is 1. The van der Waals surface area contributed by atoms with Crippen LogP contribution in [0.3, 0.4) is 0 Å². The Morgan fingerprint density at radius 2 is 2.08 bits per heavy atom. The molecule has 7 nitrogen and oxygen atoms in total. The van der Waals surface area contributed by atoms with E-state index in [0.29, 0.717) is 36.2 Å². The average molecular weight is 358 g/mol. The maximum Gasteiger partial charge on any atom is 0.248 e. The molecule has 1 amide bonds. The molecule has 0 unspecified atom stereocenters. The SMILES string of the molecule is N#CN1CCN2CCN(c3cc(-c4cccc(Cl)c4)no3)C(=O)[C@@H]2C1. The third-order valence-electron chi connectivity index (χ3n) is 4.68. The number of piperazine rings is 2. The predicted octanol–water partition coefficient (Wildman–Crippen LogP) is 1.81. The van der Waals surface area contributed by atoms with Crippen LogP contribution in [0.2, 0.25) is 5.02 Å². The normalized spacial score (nSPS) is 21.1. The Kier molecular flexibility index (Phi) is 4.07. The maximum atomic E-state index is 12.9. The highest BCUT2D eigenvalue weighted by molar-refractivity contribution is 6.30. The predicted molar refractivity (Wildman–Crippen MR) is 91.8 cm³/mol. The van der Waals surface area contributed by atoms with Crippen LogP contribution in [0, 0.1) is 11.5 Å². The molecule has 2 aliphatic heterocycles. The quantitative estimate of drug-likeness (QED) is 0.763. The first-order valence-electron chi connectivity index (χ1n) is 8.08. The minimum absolute atomic E-state index is 0.0556. The third-order valence-corrected chi connectivity index (χ3v) is 4.91. The van der Waals surface area contributed by atoms with Crippen LogP contribution in [0.5, 0.6) is 0 Å². The van der Waals surface area contributed by atoms with Gasteiger partial charge in [0, 0.05) is 42.8 Å². The molecule has 2 fully saturated rings. The minimum Gasteiger partial charge on any atom is -0.338 e. The number of amides is 1. The summed E-state index contributed by atoms with van der Waals surface area (Å²) < 4.78 is 5.42. The average Bonchev–Trinajstić information content (AvgIpc) is 3.12. The summed E-state index contributed by atoms with van der Waals surface area (Å²) >= 11 is 6.02. The first-order chi connectivity index (χ1) is 12.2. The zero-order valence-corrected chi connectivity index (χ0v) is 14.2. The summed E-state index contributed by atoms with van der Waals surface area (Å²) in [7, 11) is 0. The van der Waals surface area contributed by atoms with Crippen LogP contribution in [0.4, 0.5) is 5.88 Å². The van der Waals surface area contributed by atoms with Crippen LogP contribution in [-0.4, -0.2) is 59.6 Å². The van der Waals surface area contributed by atoms with Gasteiger partial charge in [-0.3, -0.25) is 14.6 Å². The molecule has 0 aliphatic carbocycles. The van der Waals surface area contributed by atoms with E-state index in [2.05, 4.69) is 16.2 Å². The molecule has 0 bridgehead atoms. The van der Waals surface area contributed by atoms with Crippen molar-refractivity contribution in [3.8, 4) is 17.5 Å². The number of aromatic nitrogens is 1. The van der Waals surface area contributed by atoms with Gasteiger partial charge in [0.05, 0.1) is 6.54 Å². The second kappa shape index (κ2) is 6.39. The van der Waals surface area contributed by atoms with E-state index in [-0.39, 0.29) is 11.9 Å². The number of rotatable bonds is 2. The van der Waals surface area contributed by atoms with Gasteiger partial charge in [-0.1, -0.05) is 28.9 Å². The Bertz CT molecular complexity index is 846. The van der Waals surface area contributed by atoms with Crippen LogP contribution >= 0.6 is 11.6 Å². The van der Waals surface area contributed by atoms with Crippen molar-refractivity contribution in [2.45, 2.75) is 6.04 Å². The fraction of sp³-hybridized carbons (Fsp3) is 0.353. The van der Waals surface area contributed by atoms with Crippen LogP contribution in [0.15, 0.2) is 34.9 Å². The number of carbonyl (C=O) groups excluding carboxylic acids is 1. The van der Waals surface area contributed by atoms with E-state index in [1.165, 1.54) is 0 Å². The second-order valence-corrected chi connectivity index (χ2v) is 6.58. The molecule has 1 atom stereocenters. The zero-order chi connectivity index (χ0) is 17.4. The van der Waals surface area contributed by atoms with Crippen molar-refractivity contribution in [2.75, 3.05) is 37.6 Å². The highest BCUT2D eigenvalue weighted by Gasteiger charge is 2.40. The van der Waals surface area contributed by atoms with E-state index >= 15 is 0 Å². The molecule has 0 saturated carbocycles. The Labute approximate surface area is 149 Å². The number of nitrogens with zero attached hydrogens (tertiary/aromatic N) is 5. The van der Waals surface area contributed by atoms with Crippen molar-refractivity contribution in [1.29, 1.82) is 5.26 Å². The van der Waals surface area contributed by atoms with E-state index in [1.807, 2.05) is 12.1 Å². The molecule has 0 radical (unpaired) electrons. The van der Waals surface area contributed by atoms with Crippen LogP contribution in [-0.2, 0) is 4.79 Å². The van der Waals surface area contributed by atoms with Gasteiger partial charge in [0.25, 0.3) is 0 Å². The molecule has 8 heteroatoms. The van der Waals surface area contributed by atoms with E-state index in [9.17, 15) is 4.79 Å². The fourth-order valence-corrected chi connectivity index (χ4v) is 3.52. The molecule has 1 aromatic heterocycles. The zero-order valence-electron chi connectivity index (χ0n) is 13.4. The molecule has 3 heterocycles. The number of carbonyl (C=O) groups is 1. The highest BCUT2D eigenvalue weighted by Crippen LogP contribution is 2.28. The summed E-state index contributed by atoms with van der Waals surface area (Å²) in [5.41, 5.74) is 1.47. The van der Waals surface area contributed by atoms with Crippen LogP contribution in [0.1, 0.15) is 0 Å². The molecule has 25 heavy (non-hydrogen) atoms. The summed E-state index contributed by atoms with van der Waals surface area (Å²) in [6, 6.07) is 8.76. The van der Waals surface area contributed by atoms with Crippen LogP contribution < -0.4 is 4.90 Å². The summed E-state index contributed by atoms with van der Waals surface area (Å²) in [6.45, 7) is 3.11. The van der Waals surface area contributed by atoms with Crippen molar-refractivity contribution in [3.05, 3.63) is 35.4 Å². The largest absolute Gasteiger partial charge is 0.338 e. The molecule has 1 aromatic carbocycles. The van der Waals surface area contributed by atoms with Gasteiger partial charge in [0.1, 0.15) is 11.7 Å². The monoisotopic (exact) mass is 357 g/mol. The van der Waals surface area contributed by atoms with Gasteiger partial charge >= 0.3 is 0 Å². The van der Waals surface area contributed by atoms with Gasteiger partial charge in [0.2, 0.25) is 11.8 Å². The molecule has 128 valence electrons. The van der Waals surface area contributed by atoms with Gasteiger partial charge in [-0.25, -0.2) is 0 Å². The second-order valence-electron chi connectivity index (χ2n) is 6.15. The van der Waals surface area contributed by atoms with Gasteiger partial charge < -0.3 is 9.42 Å². The number of benzene rings is 1. The number of halogens is 1. The number of nitriles is 1.